The highest BCUT2D eigenvalue weighted by atomic mass is 35.5. The molecule has 1 amide bonds. The highest BCUT2D eigenvalue weighted by Gasteiger charge is 2.54. The fourth-order valence-electron chi connectivity index (χ4n) is 3.44. The van der Waals surface area contributed by atoms with Crippen LogP contribution in [0.1, 0.15) is 31.2 Å². The highest BCUT2D eigenvalue weighted by Crippen LogP contribution is 2.52. The van der Waals surface area contributed by atoms with E-state index >= 15 is 0 Å². The molecule has 4 rings (SSSR count). The minimum absolute atomic E-state index is 0.284. The molecule has 1 N–H and O–H groups in total. The first-order valence-electron chi connectivity index (χ1n) is 7.27. The second-order valence-electron chi connectivity index (χ2n) is 5.97. The maximum atomic E-state index is 12.8. The molecular formula is C16H17ClN2O. The van der Waals surface area contributed by atoms with Crippen LogP contribution in [0.3, 0.4) is 0 Å². The molecule has 1 saturated heterocycles. The van der Waals surface area contributed by atoms with Crippen LogP contribution in [0.25, 0.3) is 10.9 Å². The third kappa shape index (κ3) is 1.69. The van der Waals surface area contributed by atoms with Crippen molar-refractivity contribution in [2.45, 2.75) is 31.1 Å². The Morgan fingerprint density at radius 2 is 2.00 bits per heavy atom. The number of nitrogens with one attached hydrogen (secondary N) is 1. The molecule has 2 heterocycles. The number of hydrogen-bond acceptors (Lipinski definition) is 1. The molecular weight excluding hydrogens is 272 g/mol. The molecule has 1 aliphatic carbocycles. The summed E-state index contributed by atoms with van der Waals surface area (Å²) in [6.07, 6.45) is 6.20. The fourth-order valence-corrected chi connectivity index (χ4v) is 3.61. The highest BCUT2D eigenvalue weighted by molar-refractivity contribution is 6.31. The van der Waals surface area contributed by atoms with Gasteiger partial charge in [0, 0.05) is 35.2 Å². The molecule has 2 fully saturated rings. The van der Waals surface area contributed by atoms with Crippen LogP contribution in [0.2, 0.25) is 5.02 Å². The third-order valence-corrected chi connectivity index (χ3v) is 4.95. The van der Waals surface area contributed by atoms with Crippen LogP contribution in [-0.2, 0) is 10.2 Å². The number of amides is 1. The van der Waals surface area contributed by atoms with Gasteiger partial charge in [-0.2, -0.15) is 0 Å². The van der Waals surface area contributed by atoms with Crippen molar-refractivity contribution in [3.05, 3.63) is 35.0 Å². The molecule has 104 valence electrons. The van der Waals surface area contributed by atoms with E-state index in [0.29, 0.717) is 5.91 Å². The second-order valence-corrected chi connectivity index (χ2v) is 6.41. The summed E-state index contributed by atoms with van der Waals surface area (Å²) in [5.74, 6) is 0.316. The van der Waals surface area contributed by atoms with Crippen LogP contribution >= 0.6 is 11.6 Å². The van der Waals surface area contributed by atoms with Crippen molar-refractivity contribution in [1.82, 2.24) is 9.88 Å². The summed E-state index contributed by atoms with van der Waals surface area (Å²) in [5.41, 5.74) is 1.91. The van der Waals surface area contributed by atoms with Gasteiger partial charge in [0.1, 0.15) is 0 Å². The minimum atomic E-state index is -0.284. The van der Waals surface area contributed by atoms with E-state index in [4.69, 9.17) is 11.6 Å². The molecule has 0 spiro atoms. The Balaban J connectivity index is 1.78. The molecule has 4 heteroatoms. The van der Waals surface area contributed by atoms with E-state index in [1.807, 2.05) is 29.3 Å². The molecule has 20 heavy (non-hydrogen) atoms. The van der Waals surface area contributed by atoms with Crippen molar-refractivity contribution >= 4 is 28.4 Å². The molecule has 0 bridgehead atoms. The lowest BCUT2D eigenvalue weighted by Gasteiger charge is -2.22. The van der Waals surface area contributed by atoms with Gasteiger partial charge in [0.25, 0.3) is 0 Å². The summed E-state index contributed by atoms with van der Waals surface area (Å²) < 4.78 is 0. The van der Waals surface area contributed by atoms with Crippen LogP contribution in [0, 0.1) is 0 Å². The lowest BCUT2D eigenvalue weighted by atomic mass is 9.94. The Morgan fingerprint density at radius 1 is 1.25 bits per heavy atom. The third-order valence-electron chi connectivity index (χ3n) is 4.71. The molecule has 3 nitrogen and oxygen atoms in total. The SMILES string of the molecule is O=C(N1CCCC1)C1(c2c[nH]c3ccc(Cl)cc23)CC1. The molecule has 2 aliphatic rings. The van der Waals surface area contributed by atoms with E-state index in [1.54, 1.807) is 0 Å². The Hall–Kier alpha value is -1.48. The number of nitrogens with zero attached hydrogens (tertiary/aromatic N) is 1. The number of carbonyl (C=O) groups is 1. The molecule has 0 atom stereocenters. The number of carbonyl (C=O) groups excluding carboxylic acids is 1. The van der Waals surface area contributed by atoms with Gasteiger partial charge in [-0.15, -0.1) is 0 Å². The molecule has 1 saturated carbocycles. The first kappa shape index (κ1) is 12.3. The van der Waals surface area contributed by atoms with Gasteiger partial charge in [-0.3, -0.25) is 4.79 Å². The monoisotopic (exact) mass is 288 g/mol. The van der Waals surface area contributed by atoms with Crippen LogP contribution in [0.15, 0.2) is 24.4 Å². The van der Waals surface area contributed by atoms with Crippen molar-refractivity contribution in [3.8, 4) is 0 Å². The molecule has 1 aromatic carbocycles. The zero-order chi connectivity index (χ0) is 13.7. The van der Waals surface area contributed by atoms with Gasteiger partial charge in [0.2, 0.25) is 5.91 Å². The summed E-state index contributed by atoms with van der Waals surface area (Å²) in [5, 5.41) is 1.82. The van der Waals surface area contributed by atoms with Gasteiger partial charge >= 0.3 is 0 Å². The zero-order valence-corrected chi connectivity index (χ0v) is 12.0. The lowest BCUT2D eigenvalue weighted by molar-refractivity contribution is -0.132. The summed E-state index contributed by atoms with van der Waals surface area (Å²) >= 11 is 6.12. The maximum Gasteiger partial charge on any atom is 0.233 e. The average molecular weight is 289 g/mol. The van der Waals surface area contributed by atoms with Gasteiger partial charge in [0.15, 0.2) is 0 Å². The average Bonchev–Trinajstić information content (AvgIpc) is 2.90. The van der Waals surface area contributed by atoms with Crippen LogP contribution < -0.4 is 0 Å². The standard InChI is InChI=1S/C16H17ClN2O/c17-11-3-4-14-12(9-11)13(10-18-14)16(5-6-16)15(20)19-7-1-2-8-19/h3-4,9-10,18H,1-2,5-8H2. The Labute approximate surface area is 122 Å². The van der Waals surface area contributed by atoms with Crippen molar-refractivity contribution in [1.29, 1.82) is 0 Å². The van der Waals surface area contributed by atoms with Crippen molar-refractivity contribution in [2.75, 3.05) is 13.1 Å². The zero-order valence-electron chi connectivity index (χ0n) is 11.3. The van der Waals surface area contributed by atoms with Crippen LogP contribution in [-0.4, -0.2) is 28.9 Å². The van der Waals surface area contributed by atoms with Gasteiger partial charge in [0.05, 0.1) is 5.41 Å². The van der Waals surface area contributed by atoms with E-state index in [1.165, 1.54) is 0 Å². The summed E-state index contributed by atoms with van der Waals surface area (Å²) in [4.78, 5) is 18.2. The van der Waals surface area contributed by atoms with Gasteiger partial charge < -0.3 is 9.88 Å². The lowest BCUT2D eigenvalue weighted by Crippen LogP contribution is -2.37. The summed E-state index contributed by atoms with van der Waals surface area (Å²) in [6.45, 7) is 1.84. The molecule has 0 unspecified atom stereocenters. The minimum Gasteiger partial charge on any atom is -0.361 e. The number of rotatable bonds is 2. The number of benzene rings is 1. The van der Waals surface area contributed by atoms with Crippen molar-refractivity contribution in [3.63, 3.8) is 0 Å². The van der Waals surface area contributed by atoms with Gasteiger partial charge in [-0.1, -0.05) is 11.6 Å². The van der Waals surface area contributed by atoms with E-state index in [0.717, 1.165) is 60.3 Å². The molecule has 1 aliphatic heterocycles. The number of H-pyrrole nitrogens is 1. The number of aromatic nitrogens is 1. The second kappa shape index (κ2) is 4.26. The smallest absolute Gasteiger partial charge is 0.233 e. The number of halogens is 1. The number of likely N-dealkylation sites (tertiary alicyclic amines) is 1. The van der Waals surface area contributed by atoms with Crippen molar-refractivity contribution < 1.29 is 4.79 Å². The Morgan fingerprint density at radius 3 is 2.70 bits per heavy atom. The number of aromatic amines is 1. The predicted octanol–water partition coefficient (Wildman–Crippen LogP) is 3.48. The first-order chi connectivity index (χ1) is 9.71. The summed E-state index contributed by atoms with van der Waals surface area (Å²) in [7, 11) is 0. The van der Waals surface area contributed by atoms with Crippen molar-refractivity contribution in [2.24, 2.45) is 0 Å². The topological polar surface area (TPSA) is 36.1 Å². The van der Waals surface area contributed by atoms with E-state index in [-0.39, 0.29) is 5.41 Å². The van der Waals surface area contributed by atoms with Crippen LogP contribution in [0.5, 0.6) is 0 Å². The summed E-state index contributed by atoms with van der Waals surface area (Å²) in [6, 6.07) is 5.84. The normalized spacial score (nSPS) is 20.6. The molecule has 0 radical (unpaired) electrons. The predicted molar refractivity (Wildman–Crippen MR) is 80.0 cm³/mol. The fraction of sp³-hybridized carbons (Fsp3) is 0.438. The van der Waals surface area contributed by atoms with Gasteiger partial charge in [-0.25, -0.2) is 0 Å². The molecule has 2 aromatic rings. The van der Waals surface area contributed by atoms with E-state index in [9.17, 15) is 4.79 Å². The largest absolute Gasteiger partial charge is 0.361 e. The first-order valence-corrected chi connectivity index (χ1v) is 7.65. The van der Waals surface area contributed by atoms with Crippen LogP contribution in [0.4, 0.5) is 0 Å². The number of fused-ring (bicyclic) bond motifs is 1. The Bertz CT molecular complexity index is 681. The van der Waals surface area contributed by atoms with E-state index < -0.39 is 0 Å². The quantitative estimate of drug-likeness (QED) is 0.902. The maximum absolute atomic E-state index is 12.8. The Kier molecular flexibility index (Phi) is 2.61. The number of hydrogen-bond donors (Lipinski definition) is 1. The van der Waals surface area contributed by atoms with E-state index in [2.05, 4.69) is 4.98 Å². The van der Waals surface area contributed by atoms with Gasteiger partial charge in [-0.05, 0) is 49.4 Å². The molecule has 1 aromatic heterocycles.